The summed E-state index contributed by atoms with van der Waals surface area (Å²) in [4.78, 5) is 0. The highest BCUT2D eigenvalue weighted by Gasteiger charge is 2.04. The van der Waals surface area contributed by atoms with Gasteiger partial charge in [-0.25, -0.2) is 8.42 Å². The lowest BCUT2D eigenvalue weighted by Crippen LogP contribution is -1.96. The summed E-state index contributed by atoms with van der Waals surface area (Å²) in [6.07, 6.45) is 0. The lowest BCUT2D eigenvalue weighted by Gasteiger charge is -1.91. The maximum atomic E-state index is 10.3. The van der Waals surface area contributed by atoms with Crippen molar-refractivity contribution in [3.8, 4) is 0 Å². The van der Waals surface area contributed by atoms with Crippen LogP contribution in [-0.4, -0.2) is 14.2 Å². The summed E-state index contributed by atoms with van der Waals surface area (Å²) in [6.45, 7) is 1.59. The van der Waals surface area contributed by atoms with Gasteiger partial charge in [0.25, 0.3) is 0 Å². The standard InChI is InChI=1S/C4H6Cl2O2S/c1-4(2-5)3-9(6,7)8/h2H,3H2,1H3/b4-2+. The van der Waals surface area contributed by atoms with Gasteiger partial charge in [-0.2, -0.15) is 0 Å². The topological polar surface area (TPSA) is 34.1 Å². The molecule has 54 valence electrons. The molecule has 0 bridgehead atoms. The average Bonchev–Trinajstić information content (AvgIpc) is 1.62. The lowest BCUT2D eigenvalue weighted by molar-refractivity contribution is 0.611. The van der Waals surface area contributed by atoms with E-state index >= 15 is 0 Å². The van der Waals surface area contributed by atoms with Gasteiger partial charge in [0, 0.05) is 16.2 Å². The van der Waals surface area contributed by atoms with Crippen LogP contribution in [0.15, 0.2) is 11.1 Å². The second-order valence-electron chi connectivity index (χ2n) is 1.64. The van der Waals surface area contributed by atoms with Gasteiger partial charge in [-0.1, -0.05) is 11.6 Å². The molecule has 0 aromatic carbocycles. The Hall–Kier alpha value is 0.270. The van der Waals surface area contributed by atoms with E-state index in [1.54, 1.807) is 6.92 Å². The summed E-state index contributed by atoms with van der Waals surface area (Å²) >= 11 is 5.17. The SMILES string of the molecule is C/C(=C\Cl)CS(=O)(=O)Cl. The Bertz CT molecular complexity index is 205. The quantitative estimate of drug-likeness (QED) is 0.619. The maximum absolute atomic E-state index is 10.3. The normalized spacial score (nSPS) is 13.9. The molecule has 0 spiro atoms. The van der Waals surface area contributed by atoms with E-state index in [1.807, 2.05) is 0 Å². The number of halogens is 2. The highest BCUT2D eigenvalue weighted by atomic mass is 35.7. The van der Waals surface area contributed by atoms with Crippen LogP contribution in [0.25, 0.3) is 0 Å². The van der Waals surface area contributed by atoms with Crippen LogP contribution < -0.4 is 0 Å². The first-order valence-electron chi connectivity index (χ1n) is 2.14. The van der Waals surface area contributed by atoms with Crippen molar-refractivity contribution < 1.29 is 8.42 Å². The zero-order chi connectivity index (χ0) is 7.49. The van der Waals surface area contributed by atoms with Crippen molar-refractivity contribution in [2.75, 3.05) is 5.75 Å². The molecule has 0 aliphatic rings. The average molecular weight is 189 g/mol. The third kappa shape index (κ3) is 6.15. The minimum Gasteiger partial charge on any atom is -0.212 e. The van der Waals surface area contributed by atoms with E-state index in [0.717, 1.165) is 0 Å². The van der Waals surface area contributed by atoms with Crippen molar-refractivity contribution >= 4 is 31.3 Å². The minimum atomic E-state index is -3.42. The summed E-state index contributed by atoms with van der Waals surface area (Å²) < 4.78 is 20.5. The molecule has 0 saturated heterocycles. The van der Waals surface area contributed by atoms with E-state index in [1.165, 1.54) is 5.54 Å². The first kappa shape index (κ1) is 9.27. The molecule has 0 aromatic rings. The molecular weight excluding hydrogens is 183 g/mol. The van der Waals surface area contributed by atoms with E-state index in [9.17, 15) is 8.42 Å². The van der Waals surface area contributed by atoms with Crippen LogP contribution in [0.3, 0.4) is 0 Å². The second kappa shape index (κ2) is 3.44. The van der Waals surface area contributed by atoms with E-state index < -0.39 is 9.05 Å². The van der Waals surface area contributed by atoms with Gasteiger partial charge >= 0.3 is 0 Å². The van der Waals surface area contributed by atoms with Gasteiger partial charge in [0.2, 0.25) is 9.05 Å². The minimum absolute atomic E-state index is 0.182. The van der Waals surface area contributed by atoms with Crippen LogP contribution in [0.5, 0.6) is 0 Å². The van der Waals surface area contributed by atoms with Crippen LogP contribution in [-0.2, 0) is 9.05 Å². The van der Waals surface area contributed by atoms with Crippen LogP contribution in [0, 0.1) is 0 Å². The zero-order valence-electron chi connectivity index (χ0n) is 4.77. The molecule has 0 heterocycles. The molecule has 5 heteroatoms. The Morgan fingerprint density at radius 3 is 2.22 bits per heavy atom. The zero-order valence-corrected chi connectivity index (χ0v) is 7.09. The predicted octanol–water partition coefficient (Wildman–Crippen LogP) is 1.70. The molecular formula is C4H6Cl2O2S. The van der Waals surface area contributed by atoms with Crippen LogP contribution in [0.2, 0.25) is 0 Å². The lowest BCUT2D eigenvalue weighted by atomic mass is 10.4. The summed E-state index contributed by atoms with van der Waals surface area (Å²) in [5.41, 5.74) is 1.73. The van der Waals surface area contributed by atoms with Crippen LogP contribution in [0.4, 0.5) is 0 Å². The third-order valence-corrected chi connectivity index (χ3v) is 2.09. The Morgan fingerprint density at radius 2 is 2.11 bits per heavy atom. The summed E-state index contributed by atoms with van der Waals surface area (Å²) in [5.74, 6) is -0.182. The van der Waals surface area contributed by atoms with Gasteiger partial charge in [-0.05, 0) is 12.5 Å². The Morgan fingerprint density at radius 1 is 1.67 bits per heavy atom. The molecule has 0 fully saturated rings. The van der Waals surface area contributed by atoms with Crippen molar-refractivity contribution in [1.82, 2.24) is 0 Å². The molecule has 0 amide bonds. The van der Waals surface area contributed by atoms with Gasteiger partial charge in [-0.15, -0.1) is 0 Å². The molecule has 0 saturated carbocycles. The first-order chi connectivity index (χ1) is 3.95. The fraction of sp³-hybridized carbons (Fsp3) is 0.500. The summed E-state index contributed by atoms with van der Waals surface area (Å²) in [5, 5.41) is 0. The van der Waals surface area contributed by atoms with Crippen LogP contribution in [0.1, 0.15) is 6.92 Å². The Labute approximate surface area is 63.9 Å². The van der Waals surface area contributed by atoms with E-state index in [4.69, 9.17) is 22.3 Å². The predicted molar refractivity (Wildman–Crippen MR) is 39.2 cm³/mol. The molecule has 0 N–H and O–H groups in total. The van der Waals surface area contributed by atoms with Gasteiger partial charge < -0.3 is 0 Å². The number of hydrogen-bond donors (Lipinski definition) is 0. The van der Waals surface area contributed by atoms with Crippen molar-refractivity contribution in [1.29, 1.82) is 0 Å². The second-order valence-corrected chi connectivity index (χ2v) is 4.63. The maximum Gasteiger partial charge on any atom is 0.236 e. The molecule has 9 heavy (non-hydrogen) atoms. The first-order valence-corrected chi connectivity index (χ1v) is 5.05. The molecule has 0 aliphatic heterocycles. The molecule has 0 radical (unpaired) electrons. The van der Waals surface area contributed by atoms with Gasteiger partial charge in [0.1, 0.15) is 0 Å². The van der Waals surface area contributed by atoms with Crippen molar-refractivity contribution in [2.45, 2.75) is 6.92 Å². The third-order valence-electron chi connectivity index (χ3n) is 0.586. The highest BCUT2D eigenvalue weighted by molar-refractivity contribution is 8.13. The van der Waals surface area contributed by atoms with Gasteiger partial charge in [0.15, 0.2) is 0 Å². The van der Waals surface area contributed by atoms with E-state index in [0.29, 0.717) is 5.57 Å². The largest absolute Gasteiger partial charge is 0.236 e. The number of hydrogen-bond acceptors (Lipinski definition) is 2. The van der Waals surface area contributed by atoms with Gasteiger partial charge in [0.05, 0.1) is 5.75 Å². The number of rotatable bonds is 2. The molecule has 0 aliphatic carbocycles. The van der Waals surface area contributed by atoms with Crippen LogP contribution >= 0.6 is 22.3 Å². The fourth-order valence-corrected chi connectivity index (χ4v) is 1.62. The Kier molecular flexibility index (Phi) is 3.54. The van der Waals surface area contributed by atoms with Gasteiger partial charge in [-0.3, -0.25) is 0 Å². The fourth-order valence-electron chi connectivity index (χ4n) is 0.303. The molecule has 0 rings (SSSR count). The van der Waals surface area contributed by atoms with Crippen molar-refractivity contribution in [3.63, 3.8) is 0 Å². The van der Waals surface area contributed by atoms with Crippen molar-refractivity contribution in [3.05, 3.63) is 11.1 Å². The van der Waals surface area contributed by atoms with E-state index in [-0.39, 0.29) is 5.75 Å². The monoisotopic (exact) mass is 188 g/mol. The molecule has 0 atom stereocenters. The smallest absolute Gasteiger partial charge is 0.212 e. The molecule has 0 unspecified atom stereocenters. The molecule has 0 aromatic heterocycles. The summed E-state index contributed by atoms with van der Waals surface area (Å²) in [7, 11) is 1.46. The van der Waals surface area contributed by atoms with E-state index in [2.05, 4.69) is 0 Å². The Balaban J connectivity index is 4.07. The van der Waals surface area contributed by atoms with Crippen molar-refractivity contribution in [2.24, 2.45) is 0 Å². The molecule has 2 nitrogen and oxygen atoms in total. The summed E-state index contributed by atoms with van der Waals surface area (Å²) in [6, 6.07) is 0. The highest BCUT2D eigenvalue weighted by Crippen LogP contribution is 2.04.